The third kappa shape index (κ3) is 2.62. The molecule has 3 aromatic rings. The number of aromatic amines is 1. The van der Waals surface area contributed by atoms with Crippen LogP contribution < -0.4 is 9.77 Å². The van der Waals surface area contributed by atoms with Crippen molar-refractivity contribution in [3.05, 3.63) is 74.5 Å². The number of benzene rings is 1. The molecule has 33 heavy (non-hydrogen) atoms. The number of hydrogen-bond donors (Lipinski definition) is 1. The van der Waals surface area contributed by atoms with Gasteiger partial charge in [0, 0.05) is 28.4 Å². The van der Waals surface area contributed by atoms with Gasteiger partial charge in [0.2, 0.25) is 11.8 Å². The zero-order chi connectivity index (χ0) is 22.4. The van der Waals surface area contributed by atoms with Crippen molar-refractivity contribution in [1.82, 2.24) is 9.97 Å². The van der Waals surface area contributed by atoms with Crippen LogP contribution in [0.4, 0.5) is 5.69 Å². The minimum absolute atomic E-state index is 0.0242. The van der Waals surface area contributed by atoms with E-state index < -0.39 is 0 Å². The van der Waals surface area contributed by atoms with Crippen LogP contribution in [0.1, 0.15) is 28.3 Å². The van der Waals surface area contributed by atoms with E-state index in [0.29, 0.717) is 5.69 Å². The zero-order valence-corrected chi connectivity index (χ0v) is 19.4. The summed E-state index contributed by atoms with van der Waals surface area (Å²) in [6.07, 6.45) is 4.54. The van der Waals surface area contributed by atoms with Gasteiger partial charge in [-0.1, -0.05) is 35.1 Å². The highest BCUT2D eigenvalue weighted by Crippen LogP contribution is 2.68. The number of imide groups is 1. The second kappa shape index (κ2) is 6.90. The number of amides is 2. The molecule has 0 spiro atoms. The van der Waals surface area contributed by atoms with Gasteiger partial charge >= 0.3 is 4.87 Å². The molecule has 4 aliphatic rings. The van der Waals surface area contributed by atoms with E-state index in [9.17, 15) is 14.4 Å². The average Bonchev–Trinajstić information content (AvgIpc) is 3.54. The summed E-state index contributed by atoms with van der Waals surface area (Å²) >= 11 is 2.99. The quantitative estimate of drug-likeness (QED) is 0.570. The number of thiazole rings is 1. The Morgan fingerprint density at radius 1 is 1.03 bits per heavy atom. The summed E-state index contributed by atoms with van der Waals surface area (Å²) in [5.74, 6) is -0.153. The third-order valence-electron chi connectivity index (χ3n) is 8.06. The molecule has 0 radical (unpaired) electrons. The average molecular weight is 476 g/mol. The standard InChI is InChI=1S/C25H21N3O3S2/c1-11-4-6-13(7-5-11)28-23(29)18-14-9-15(19(18)24(28)30)20-17(14)16(12-3-2-8-26-10-12)21-22(32-20)27-25(31)33-21/h2-8,10,14-20H,9H2,1H3,(H,27,31)/t14-,15+,16+,17+,18+,19+,20-/m1/s1. The van der Waals surface area contributed by atoms with Crippen LogP contribution in [0.3, 0.4) is 0 Å². The summed E-state index contributed by atoms with van der Waals surface area (Å²) < 4.78 is 0. The lowest BCUT2D eigenvalue weighted by atomic mass is 9.68. The summed E-state index contributed by atoms with van der Waals surface area (Å²) in [6, 6.07) is 11.6. The van der Waals surface area contributed by atoms with E-state index in [1.807, 2.05) is 43.5 Å². The number of nitrogens with zero attached hydrogens (tertiary/aromatic N) is 2. The fraction of sp³-hybridized carbons (Fsp3) is 0.360. The number of rotatable bonds is 2. The Balaban J connectivity index is 1.33. The molecule has 2 amide bonds. The Bertz CT molecular complexity index is 1350. The fourth-order valence-electron chi connectivity index (χ4n) is 6.90. The summed E-state index contributed by atoms with van der Waals surface area (Å²) in [5.41, 5.74) is 2.85. The number of pyridine rings is 1. The minimum atomic E-state index is -0.276. The minimum Gasteiger partial charge on any atom is -0.307 e. The van der Waals surface area contributed by atoms with Crippen molar-refractivity contribution in [2.45, 2.75) is 29.5 Å². The van der Waals surface area contributed by atoms with Gasteiger partial charge in [0.05, 0.1) is 22.5 Å². The summed E-state index contributed by atoms with van der Waals surface area (Å²) in [5, 5.41) is 1.13. The Morgan fingerprint density at radius 2 is 1.79 bits per heavy atom. The highest BCUT2D eigenvalue weighted by molar-refractivity contribution is 8.00. The van der Waals surface area contributed by atoms with Crippen LogP contribution in [0.15, 0.2) is 58.6 Å². The number of H-pyrrole nitrogens is 1. The predicted octanol–water partition coefficient (Wildman–Crippen LogP) is 3.82. The number of anilines is 1. The van der Waals surface area contributed by atoms with Crippen LogP contribution in [0.5, 0.6) is 0 Å². The molecule has 1 N–H and O–H groups in total. The summed E-state index contributed by atoms with van der Waals surface area (Å²) in [7, 11) is 0. The second-order valence-electron chi connectivity index (χ2n) is 9.59. The normalized spacial score (nSPS) is 33.8. The molecule has 7 rings (SSSR count). The molecule has 2 aliphatic carbocycles. The maximum Gasteiger partial charge on any atom is 0.305 e. The number of carbonyl (C=O) groups excluding carboxylic acids is 2. The molecular weight excluding hydrogens is 454 g/mol. The van der Waals surface area contributed by atoms with Crippen molar-refractivity contribution < 1.29 is 9.59 Å². The lowest BCUT2D eigenvalue weighted by molar-refractivity contribution is -0.123. The first kappa shape index (κ1) is 19.7. The smallest absolute Gasteiger partial charge is 0.305 e. The molecule has 1 aromatic carbocycles. The van der Waals surface area contributed by atoms with Crippen molar-refractivity contribution in [2.75, 3.05) is 4.90 Å². The van der Waals surface area contributed by atoms with Crippen molar-refractivity contribution >= 4 is 40.6 Å². The number of aryl methyl sites for hydroxylation is 1. The van der Waals surface area contributed by atoms with Crippen molar-refractivity contribution in [1.29, 1.82) is 0 Å². The van der Waals surface area contributed by atoms with E-state index in [-0.39, 0.29) is 57.4 Å². The molecule has 2 bridgehead atoms. The number of fused-ring (bicyclic) bond motifs is 9. The number of nitrogens with one attached hydrogen (secondary N) is 1. The molecule has 0 unspecified atom stereocenters. The fourth-order valence-corrected chi connectivity index (χ4v) is 9.79. The Morgan fingerprint density at radius 3 is 2.52 bits per heavy atom. The lowest BCUT2D eigenvalue weighted by Gasteiger charge is -2.42. The largest absolute Gasteiger partial charge is 0.307 e. The number of hydrogen-bond acceptors (Lipinski definition) is 6. The van der Waals surface area contributed by atoms with E-state index in [0.717, 1.165) is 27.5 Å². The van der Waals surface area contributed by atoms with Gasteiger partial charge in [-0.25, -0.2) is 0 Å². The molecule has 2 aliphatic heterocycles. The SMILES string of the molecule is Cc1ccc(N2C(=O)[C@H]3[C@@H]4C[C@@H]([C@@H]3C2=O)[C@H]2[C@H](c3cccnc3)c3sc(=O)[nH]c3S[C@H]42)cc1. The molecule has 1 saturated heterocycles. The summed E-state index contributed by atoms with van der Waals surface area (Å²) in [4.78, 5) is 49.3. The van der Waals surface area contributed by atoms with Crippen LogP contribution in [-0.2, 0) is 9.59 Å². The molecular formula is C25H21N3O3S2. The number of carbonyl (C=O) groups is 2. The molecule has 6 nitrogen and oxygen atoms in total. The van der Waals surface area contributed by atoms with Gasteiger partial charge in [-0.3, -0.25) is 24.3 Å². The van der Waals surface area contributed by atoms with Gasteiger partial charge in [-0.05, 0) is 54.9 Å². The van der Waals surface area contributed by atoms with E-state index in [1.165, 1.54) is 16.2 Å². The zero-order valence-electron chi connectivity index (χ0n) is 17.8. The van der Waals surface area contributed by atoms with Gasteiger partial charge in [0.25, 0.3) is 0 Å². The van der Waals surface area contributed by atoms with E-state index >= 15 is 0 Å². The van der Waals surface area contributed by atoms with Gasteiger partial charge in [0.15, 0.2) is 0 Å². The van der Waals surface area contributed by atoms with Gasteiger partial charge in [0.1, 0.15) is 0 Å². The van der Waals surface area contributed by atoms with Crippen molar-refractivity contribution in [2.24, 2.45) is 29.6 Å². The monoisotopic (exact) mass is 475 g/mol. The first-order chi connectivity index (χ1) is 16.0. The molecule has 8 heteroatoms. The topological polar surface area (TPSA) is 83.1 Å². The third-order valence-corrected chi connectivity index (χ3v) is 10.6. The number of thioether (sulfide) groups is 1. The first-order valence-electron chi connectivity index (χ1n) is 11.3. The summed E-state index contributed by atoms with van der Waals surface area (Å²) in [6.45, 7) is 2.00. The van der Waals surface area contributed by atoms with E-state index in [1.54, 1.807) is 18.0 Å². The van der Waals surface area contributed by atoms with Gasteiger partial charge < -0.3 is 4.98 Å². The number of aromatic nitrogens is 2. The van der Waals surface area contributed by atoms with Crippen LogP contribution in [0.25, 0.3) is 0 Å². The highest BCUT2D eigenvalue weighted by Gasteiger charge is 2.69. The van der Waals surface area contributed by atoms with Crippen LogP contribution >= 0.6 is 23.1 Å². The van der Waals surface area contributed by atoms with E-state index in [2.05, 4.69) is 16.0 Å². The van der Waals surface area contributed by atoms with Crippen LogP contribution in [0, 0.1) is 36.5 Å². The van der Waals surface area contributed by atoms with Crippen molar-refractivity contribution in [3.8, 4) is 0 Å². The molecule has 2 aromatic heterocycles. The van der Waals surface area contributed by atoms with Crippen LogP contribution in [-0.4, -0.2) is 27.0 Å². The maximum atomic E-state index is 13.7. The molecule has 3 fully saturated rings. The lowest BCUT2D eigenvalue weighted by Crippen LogP contribution is -2.42. The Kier molecular flexibility index (Phi) is 4.13. The highest BCUT2D eigenvalue weighted by atomic mass is 32.2. The van der Waals surface area contributed by atoms with Gasteiger partial charge in [-0.15, -0.1) is 11.8 Å². The first-order valence-corrected chi connectivity index (χ1v) is 13.0. The van der Waals surface area contributed by atoms with Crippen LogP contribution in [0.2, 0.25) is 0 Å². The molecule has 7 atom stereocenters. The molecule has 166 valence electrons. The Hall–Kier alpha value is -2.71. The molecule has 2 saturated carbocycles. The predicted molar refractivity (Wildman–Crippen MR) is 126 cm³/mol. The van der Waals surface area contributed by atoms with Gasteiger partial charge in [-0.2, -0.15) is 0 Å². The van der Waals surface area contributed by atoms with E-state index in [4.69, 9.17) is 0 Å². The molecule has 4 heterocycles. The Labute approximate surface area is 198 Å². The maximum absolute atomic E-state index is 13.7. The van der Waals surface area contributed by atoms with Crippen molar-refractivity contribution in [3.63, 3.8) is 0 Å². The second-order valence-corrected chi connectivity index (χ2v) is 11.8.